The van der Waals surface area contributed by atoms with Gasteiger partial charge in [0.05, 0.1) is 5.69 Å². The molecule has 1 aliphatic heterocycles. The molecule has 1 unspecified atom stereocenters. The minimum Gasteiger partial charge on any atom is -0.346 e. The second-order valence-corrected chi connectivity index (χ2v) is 4.09. The summed E-state index contributed by atoms with van der Waals surface area (Å²) in [5, 5.41) is 3.42. The number of hydrogen-bond acceptors (Lipinski definition) is 2. The molecule has 0 amide bonds. The fraction of sp³-hybridized carbons (Fsp3) is 0.727. The zero-order valence-corrected chi connectivity index (χ0v) is 9.06. The van der Waals surface area contributed by atoms with Gasteiger partial charge in [-0.05, 0) is 32.7 Å². The number of aromatic nitrogens is 2. The molecule has 14 heavy (non-hydrogen) atoms. The highest BCUT2D eigenvalue weighted by molar-refractivity contribution is 5.15. The van der Waals surface area contributed by atoms with Gasteiger partial charge in [-0.15, -0.1) is 0 Å². The van der Waals surface area contributed by atoms with E-state index in [1.54, 1.807) is 0 Å². The van der Waals surface area contributed by atoms with Crippen LogP contribution in [-0.2, 0) is 6.42 Å². The number of nitrogens with zero attached hydrogens (tertiary/aromatic N) is 1. The summed E-state index contributed by atoms with van der Waals surface area (Å²) in [5.41, 5.74) is 2.47. The van der Waals surface area contributed by atoms with E-state index in [4.69, 9.17) is 0 Å². The van der Waals surface area contributed by atoms with Crippen molar-refractivity contribution in [1.82, 2.24) is 15.3 Å². The van der Waals surface area contributed by atoms with Crippen molar-refractivity contribution in [3.05, 3.63) is 17.2 Å². The lowest BCUT2D eigenvalue weighted by Crippen LogP contribution is -2.28. The van der Waals surface area contributed by atoms with Crippen LogP contribution in [-0.4, -0.2) is 23.1 Å². The maximum Gasteiger partial charge on any atom is 0.110 e. The zero-order valence-electron chi connectivity index (χ0n) is 9.06. The van der Waals surface area contributed by atoms with Crippen LogP contribution in [0.3, 0.4) is 0 Å². The van der Waals surface area contributed by atoms with Crippen LogP contribution < -0.4 is 5.32 Å². The average molecular weight is 193 g/mol. The average Bonchev–Trinajstić information content (AvgIpc) is 2.61. The number of H-pyrrole nitrogens is 1. The number of piperidine rings is 1. The highest BCUT2D eigenvalue weighted by atomic mass is 15.0. The van der Waals surface area contributed by atoms with Crippen LogP contribution in [0.4, 0.5) is 0 Å². The number of hydrogen-bond donors (Lipinski definition) is 2. The number of aromatic amines is 1. The second-order valence-electron chi connectivity index (χ2n) is 4.09. The van der Waals surface area contributed by atoms with Gasteiger partial charge in [0.2, 0.25) is 0 Å². The predicted octanol–water partition coefficient (Wildman–Crippen LogP) is 1.75. The van der Waals surface area contributed by atoms with Gasteiger partial charge in [-0.25, -0.2) is 4.98 Å². The summed E-state index contributed by atoms with van der Waals surface area (Å²) < 4.78 is 0. The van der Waals surface area contributed by atoms with E-state index in [0.717, 1.165) is 19.5 Å². The van der Waals surface area contributed by atoms with E-state index in [2.05, 4.69) is 29.1 Å². The molecule has 0 saturated carbocycles. The first-order chi connectivity index (χ1) is 6.81. The maximum atomic E-state index is 4.66. The van der Waals surface area contributed by atoms with Gasteiger partial charge in [-0.3, -0.25) is 0 Å². The Morgan fingerprint density at radius 1 is 1.50 bits per heavy atom. The standard InChI is InChI=1S/C11H19N3/c1-3-10-8(2)13-11(14-10)9-5-4-6-12-7-9/h9,12H,3-7H2,1-2H3,(H,13,14). The molecule has 0 bridgehead atoms. The molecule has 0 aromatic carbocycles. The van der Waals surface area contributed by atoms with E-state index in [1.807, 2.05) is 0 Å². The normalized spacial score (nSPS) is 22.6. The van der Waals surface area contributed by atoms with Crippen LogP contribution in [0.5, 0.6) is 0 Å². The highest BCUT2D eigenvalue weighted by Gasteiger charge is 2.18. The number of imidazole rings is 1. The molecule has 1 saturated heterocycles. The minimum atomic E-state index is 0.600. The smallest absolute Gasteiger partial charge is 0.110 e. The summed E-state index contributed by atoms with van der Waals surface area (Å²) in [4.78, 5) is 8.07. The van der Waals surface area contributed by atoms with Gasteiger partial charge in [0, 0.05) is 18.2 Å². The van der Waals surface area contributed by atoms with Crippen LogP contribution in [0, 0.1) is 6.92 Å². The van der Waals surface area contributed by atoms with Crippen molar-refractivity contribution in [3.8, 4) is 0 Å². The molecule has 1 aromatic rings. The van der Waals surface area contributed by atoms with E-state index in [9.17, 15) is 0 Å². The fourth-order valence-corrected chi connectivity index (χ4v) is 2.14. The Labute approximate surface area is 85.3 Å². The topological polar surface area (TPSA) is 40.7 Å². The molecule has 1 aliphatic rings. The summed E-state index contributed by atoms with van der Waals surface area (Å²) in [7, 11) is 0. The van der Waals surface area contributed by atoms with E-state index < -0.39 is 0 Å². The number of rotatable bonds is 2. The van der Waals surface area contributed by atoms with Crippen molar-refractivity contribution in [2.24, 2.45) is 0 Å². The van der Waals surface area contributed by atoms with Gasteiger partial charge in [0.25, 0.3) is 0 Å². The summed E-state index contributed by atoms with van der Waals surface area (Å²) in [6, 6.07) is 0. The van der Waals surface area contributed by atoms with Crippen LogP contribution in [0.15, 0.2) is 0 Å². The molecule has 1 fully saturated rings. The fourth-order valence-electron chi connectivity index (χ4n) is 2.14. The van der Waals surface area contributed by atoms with Gasteiger partial charge >= 0.3 is 0 Å². The molecule has 3 nitrogen and oxygen atoms in total. The molecule has 2 rings (SSSR count). The molecule has 0 aliphatic carbocycles. The first kappa shape index (κ1) is 9.71. The quantitative estimate of drug-likeness (QED) is 0.751. The van der Waals surface area contributed by atoms with E-state index >= 15 is 0 Å². The number of nitrogens with one attached hydrogen (secondary N) is 2. The Morgan fingerprint density at radius 3 is 2.93 bits per heavy atom. The third-order valence-electron chi connectivity index (χ3n) is 3.02. The first-order valence-electron chi connectivity index (χ1n) is 5.57. The molecule has 78 valence electrons. The Balaban J connectivity index is 2.14. The van der Waals surface area contributed by atoms with Crippen LogP contribution in [0.2, 0.25) is 0 Å². The van der Waals surface area contributed by atoms with Crippen LogP contribution in [0.25, 0.3) is 0 Å². The Hall–Kier alpha value is -0.830. The molecule has 1 atom stereocenters. The highest BCUT2D eigenvalue weighted by Crippen LogP contribution is 2.21. The summed E-state index contributed by atoms with van der Waals surface area (Å²) in [6.07, 6.45) is 3.57. The molecule has 0 spiro atoms. The summed E-state index contributed by atoms with van der Waals surface area (Å²) in [6.45, 7) is 6.52. The Kier molecular flexibility index (Phi) is 2.87. The van der Waals surface area contributed by atoms with Crippen LogP contribution in [0.1, 0.15) is 42.9 Å². The monoisotopic (exact) mass is 193 g/mol. The summed E-state index contributed by atoms with van der Waals surface area (Å²) >= 11 is 0. The summed E-state index contributed by atoms with van der Waals surface area (Å²) in [5.74, 6) is 1.79. The molecule has 0 radical (unpaired) electrons. The largest absolute Gasteiger partial charge is 0.346 e. The van der Waals surface area contributed by atoms with Crippen molar-refractivity contribution in [3.63, 3.8) is 0 Å². The van der Waals surface area contributed by atoms with Gasteiger partial charge in [0.15, 0.2) is 0 Å². The molecular weight excluding hydrogens is 174 g/mol. The van der Waals surface area contributed by atoms with Gasteiger partial charge < -0.3 is 10.3 Å². The van der Waals surface area contributed by atoms with Crippen molar-refractivity contribution >= 4 is 0 Å². The lowest BCUT2D eigenvalue weighted by Gasteiger charge is -2.20. The van der Waals surface area contributed by atoms with Gasteiger partial charge in [-0.1, -0.05) is 6.92 Å². The molecule has 2 heterocycles. The molecule has 1 aromatic heterocycles. The van der Waals surface area contributed by atoms with Crippen molar-refractivity contribution in [1.29, 1.82) is 0 Å². The van der Waals surface area contributed by atoms with Crippen molar-refractivity contribution in [2.45, 2.75) is 39.0 Å². The Bertz CT molecular complexity index is 297. The Morgan fingerprint density at radius 2 is 2.36 bits per heavy atom. The lowest BCUT2D eigenvalue weighted by molar-refractivity contribution is 0.448. The van der Waals surface area contributed by atoms with E-state index in [0.29, 0.717) is 5.92 Å². The third kappa shape index (κ3) is 1.82. The van der Waals surface area contributed by atoms with Gasteiger partial charge in [0.1, 0.15) is 5.82 Å². The SMILES string of the molecule is CCc1nc(C2CCCNC2)[nH]c1C. The first-order valence-corrected chi connectivity index (χ1v) is 5.57. The van der Waals surface area contributed by atoms with E-state index in [-0.39, 0.29) is 0 Å². The maximum absolute atomic E-state index is 4.66. The van der Waals surface area contributed by atoms with Crippen molar-refractivity contribution in [2.75, 3.05) is 13.1 Å². The van der Waals surface area contributed by atoms with Crippen LogP contribution >= 0.6 is 0 Å². The molecule has 2 N–H and O–H groups in total. The number of aryl methyl sites for hydroxylation is 2. The second kappa shape index (κ2) is 4.13. The minimum absolute atomic E-state index is 0.600. The molecular formula is C11H19N3. The van der Waals surface area contributed by atoms with Crippen molar-refractivity contribution < 1.29 is 0 Å². The van der Waals surface area contributed by atoms with Gasteiger partial charge in [-0.2, -0.15) is 0 Å². The predicted molar refractivity (Wildman–Crippen MR) is 57.5 cm³/mol. The van der Waals surface area contributed by atoms with E-state index in [1.165, 1.54) is 30.1 Å². The molecule has 3 heteroatoms. The lowest BCUT2D eigenvalue weighted by atomic mass is 9.99. The zero-order chi connectivity index (χ0) is 9.97. The third-order valence-corrected chi connectivity index (χ3v) is 3.02.